The van der Waals surface area contributed by atoms with E-state index in [0.717, 1.165) is 47.4 Å². The lowest BCUT2D eigenvalue weighted by atomic mass is 9.89. The first-order valence-corrected chi connectivity index (χ1v) is 12.6. The van der Waals surface area contributed by atoms with E-state index in [0.29, 0.717) is 24.4 Å². The van der Waals surface area contributed by atoms with E-state index in [1.54, 1.807) is 31.1 Å². The van der Waals surface area contributed by atoms with Crippen molar-refractivity contribution in [2.75, 3.05) is 39.8 Å². The van der Waals surface area contributed by atoms with Crippen molar-refractivity contribution in [3.8, 4) is 11.3 Å². The molecule has 4 aromatic rings. The zero-order valence-electron chi connectivity index (χ0n) is 21.2. The Kier molecular flexibility index (Phi) is 6.27. The molecule has 1 saturated carbocycles. The third-order valence-corrected chi connectivity index (χ3v) is 7.47. The molecule has 1 aliphatic carbocycles. The third kappa shape index (κ3) is 4.12. The van der Waals surface area contributed by atoms with E-state index in [4.69, 9.17) is 19.2 Å². The average Bonchev–Trinajstić information content (AvgIpc) is 3.63. The third-order valence-electron chi connectivity index (χ3n) is 7.47. The van der Waals surface area contributed by atoms with Gasteiger partial charge in [0.25, 0.3) is 5.91 Å². The van der Waals surface area contributed by atoms with Gasteiger partial charge in [-0.05, 0) is 31.4 Å². The maximum atomic E-state index is 13.2. The number of nitrogens with one attached hydrogen (secondary N) is 2. The second-order valence-electron chi connectivity index (χ2n) is 9.63. The second kappa shape index (κ2) is 9.73. The highest BCUT2D eigenvalue weighted by molar-refractivity contribution is 6.01. The van der Waals surface area contributed by atoms with Crippen LogP contribution in [0.1, 0.15) is 35.7 Å². The fourth-order valence-corrected chi connectivity index (χ4v) is 5.35. The molecule has 0 radical (unpaired) electrons. The van der Waals surface area contributed by atoms with E-state index in [-0.39, 0.29) is 30.2 Å². The van der Waals surface area contributed by atoms with Crippen molar-refractivity contribution in [3.63, 3.8) is 0 Å². The summed E-state index contributed by atoms with van der Waals surface area (Å²) in [5, 5.41) is 11.7. The lowest BCUT2D eigenvalue weighted by molar-refractivity contribution is 0.00732. The first kappa shape index (κ1) is 23.8. The highest BCUT2D eigenvalue weighted by atomic mass is 16.5. The van der Waals surface area contributed by atoms with Crippen molar-refractivity contribution in [1.29, 1.82) is 0 Å². The van der Waals surface area contributed by atoms with E-state index >= 15 is 0 Å². The Bertz CT molecular complexity index is 1450. The zero-order chi connectivity index (χ0) is 25.5. The van der Waals surface area contributed by atoms with Gasteiger partial charge in [-0.3, -0.25) is 4.79 Å². The number of amides is 1. The molecule has 37 heavy (non-hydrogen) atoms. The molecule has 2 aliphatic rings. The molecule has 6 rings (SSSR count). The van der Waals surface area contributed by atoms with Gasteiger partial charge in [-0.25, -0.2) is 9.97 Å². The Labute approximate surface area is 214 Å². The van der Waals surface area contributed by atoms with Gasteiger partial charge in [-0.2, -0.15) is 9.61 Å². The van der Waals surface area contributed by atoms with Gasteiger partial charge in [-0.1, -0.05) is 0 Å². The number of rotatable bonds is 8. The minimum Gasteiger partial charge on any atom is -0.382 e. The topological polar surface area (TPSA) is 117 Å². The van der Waals surface area contributed by atoms with E-state index in [1.807, 2.05) is 25.2 Å². The molecular weight excluding hydrogens is 474 g/mol. The Morgan fingerprint density at radius 1 is 1.27 bits per heavy atom. The number of hydrogen-bond donors (Lipinski definition) is 2. The maximum Gasteiger partial charge on any atom is 0.257 e. The predicted octanol–water partition coefficient (Wildman–Crippen LogP) is 2.67. The smallest absolute Gasteiger partial charge is 0.257 e. The summed E-state index contributed by atoms with van der Waals surface area (Å²) in [6, 6.07) is 6.06. The molecule has 11 heteroatoms. The number of ether oxygens (including phenoxy) is 3. The summed E-state index contributed by atoms with van der Waals surface area (Å²) < 4.78 is 20.5. The normalized spacial score (nSPS) is 23.4. The Hall–Kier alpha value is -3.54. The number of aromatic nitrogens is 5. The van der Waals surface area contributed by atoms with Gasteiger partial charge in [0.15, 0.2) is 5.65 Å². The van der Waals surface area contributed by atoms with E-state index in [1.165, 1.54) is 0 Å². The molecule has 1 aliphatic heterocycles. The molecule has 2 N–H and O–H groups in total. The molecule has 0 spiro atoms. The fraction of sp³-hybridized carbons (Fsp3) is 0.462. The van der Waals surface area contributed by atoms with Crippen LogP contribution in [-0.2, 0) is 14.2 Å². The summed E-state index contributed by atoms with van der Waals surface area (Å²) >= 11 is 0. The number of anilines is 1. The van der Waals surface area contributed by atoms with Crippen LogP contribution in [0.3, 0.4) is 0 Å². The molecule has 5 heterocycles. The number of carbonyl (C=O) groups is 1. The minimum atomic E-state index is -0.204. The molecule has 1 saturated heterocycles. The fourth-order valence-electron chi connectivity index (χ4n) is 5.35. The van der Waals surface area contributed by atoms with Crippen LogP contribution < -0.4 is 10.6 Å². The van der Waals surface area contributed by atoms with Gasteiger partial charge < -0.3 is 29.4 Å². The highest BCUT2D eigenvalue weighted by Gasteiger charge is 2.33. The summed E-state index contributed by atoms with van der Waals surface area (Å²) in [4.78, 5) is 22.8. The molecule has 4 aromatic heterocycles. The van der Waals surface area contributed by atoms with Crippen molar-refractivity contribution >= 4 is 28.4 Å². The van der Waals surface area contributed by atoms with Crippen LogP contribution in [0.25, 0.3) is 27.9 Å². The van der Waals surface area contributed by atoms with Gasteiger partial charge in [0.05, 0.1) is 49.4 Å². The molecule has 4 atom stereocenters. The van der Waals surface area contributed by atoms with Crippen molar-refractivity contribution in [2.24, 2.45) is 0 Å². The van der Waals surface area contributed by atoms with Crippen LogP contribution in [0.5, 0.6) is 0 Å². The van der Waals surface area contributed by atoms with E-state index < -0.39 is 0 Å². The monoisotopic (exact) mass is 505 g/mol. The lowest BCUT2D eigenvalue weighted by Gasteiger charge is -2.35. The molecule has 194 valence electrons. The van der Waals surface area contributed by atoms with Gasteiger partial charge >= 0.3 is 0 Å². The SMILES string of the molecule is CNc1cc(-c2cn([C@H]3CO[C@@H](COC)C3)c3ncccc23)nc2c(C(=O)N[C@H]3CC[C@@H]3OC)cnn12. The summed E-state index contributed by atoms with van der Waals surface area (Å²) in [5.74, 6) is 0.524. The quantitative estimate of drug-likeness (QED) is 0.375. The molecule has 0 aromatic carbocycles. The summed E-state index contributed by atoms with van der Waals surface area (Å²) in [7, 11) is 5.19. The first-order chi connectivity index (χ1) is 18.1. The molecule has 1 amide bonds. The van der Waals surface area contributed by atoms with Crippen LogP contribution >= 0.6 is 0 Å². The second-order valence-corrected chi connectivity index (χ2v) is 9.63. The number of fused-ring (bicyclic) bond motifs is 2. The van der Waals surface area contributed by atoms with Gasteiger partial charge in [0.2, 0.25) is 0 Å². The summed E-state index contributed by atoms with van der Waals surface area (Å²) in [6.07, 6.45) is 8.25. The van der Waals surface area contributed by atoms with Gasteiger partial charge in [0, 0.05) is 50.7 Å². The lowest BCUT2D eigenvalue weighted by Crippen LogP contribution is -2.51. The van der Waals surface area contributed by atoms with Crippen LogP contribution in [0, 0.1) is 0 Å². The highest BCUT2D eigenvalue weighted by Crippen LogP contribution is 2.35. The van der Waals surface area contributed by atoms with Crippen LogP contribution in [-0.4, -0.2) is 82.8 Å². The number of carbonyl (C=O) groups excluding carboxylic acids is 1. The van der Waals surface area contributed by atoms with Crippen molar-refractivity contribution in [1.82, 2.24) is 29.5 Å². The van der Waals surface area contributed by atoms with Crippen molar-refractivity contribution < 1.29 is 19.0 Å². The molecular formula is C26H31N7O4. The molecule has 11 nitrogen and oxygen atoms in total. The summed E-state index contributed by atoms with van der Waals surface area (Å²) in [6.45, 7) is 1.16. The van der Waals surface area contributed by atoms with Crippen LogP contribution in [0.4, 0.5) is 5.82 Å². The van der Waals surface area contributed by atoms with Gasteiger partial charge in [0.1, 0.15) is 17.0 Å². The van der Waals surface area contributed by atoms with Crippen LogP contribution in [0.2, 0.25) is 0 Å². The predicted molar refractivity (Wildman–Crippen MR) is 138 cm³/mol. The largest absolute Gasteiger partial charge is 0.382 e. The number of methoxy groups -OCH3 is 2. The van der Waals surface area contributed by atoms with E-state index in [9.17, 15) is 4.79 Å². The van der Waals surface area contributed by atoms with Crippen molar-refractivity contribution in [3.05, 3.63) is 42.4 Å². The van der Waals surface area contributed by atoms with Crippen LogP contribution in [0.15, 0.2) is 36.8 Å². The van der Waals surface area contributed by atoms with Gasteiger partial charge in [-0.15, -0.1) is 0 Å². The maximum absolute atomic E-state index is 13.2. The minimum absolute atomic E-state index is 0.000909. The Balaban J connectivity index is 1.41. The van der Waals surface area contributed by atoms with E-state index in [2.05, 4.69) is 31.5 Å². The average molecular weight is 506 g/mol. The standard InChI is InChI=1S/C26H31N7O4/c1-27-23-10-21(30-25-18(11-29-33(23)25)26(34)31-20-6-7-22(20)36-3)19-12-32(24-17(19)5-4-8-28-24)15-9-16(14-35-2)37-13-15/h4-5,8,10-12,15-16,20,22,27H,6-7,9,13-14H2,1-3H3,(H,31,34)/t15-,16-,20+,22+/m1/s1. The number of hydrogen-bond acceptors (Lipinski definition) is 8. The molecule has 2 fully saturated rings. The summed E-state index contributed by atoms with van der Waals surface area (Å²) in [5.41, 5.74) is 3.45. The first-order valence-electron chi connectivity index (χ1n) is 12.6. The Morgan fingerprint density at radius 2 is 2.16 bits per heavy atom. The number of nitrogens with zero attached hydrogens (tertiary/aromatic N) is 5. The number of pyridine rings is 1. The zero-order valence-corrected chi connectivity index (χ0v) is 21.2. The molecule has 0 unspecified atom stereocenters. The Morgan fingerprint density at radius 3 is 2.92 bits per heavy atom. The van der Waals surface area contributed by atoms with Crippen molar-refractivity contribution in [2.45, 2.75) is 43.6 Å². The molecule has 0 bridgehead atoms.